The Kier molecular flexibility index (Phi) is 2.65. The van der Waals surface area contributed by atoms with Gasteiger partial charge in [0.15, 0.2) is 5.65 Å². The predicted molar refractivity (Wildman–Crippen MR) is 64.6 cm³/mol. The Morgan fingerprint density at radius 3 is 3.00 bits per heavy atom. The van der Waals surface area contributed by atoms with Crippen molar-refractivity contribution >= 4 is 33.0 Å². The first-order valence-corrected chi connectivity index (χ1v) is 5.71. The van der Waals surface area contributed by atoms with Gasteiger partial charge in [0.1, 0.15) is 5.52 Å². The number of nitrogens with zero attached hydrogens (tertiary/aromatic N) is 3. The zero-order valence-electron chi connectivity index (χ0n) is 8.74. The molecule has 0 fully saturated rings. The molecule has 2 rings (SSSR count). The van der Waals surface area contributed by atoms with Gasteiger partial charge in [-0.05, 0) is 35.3 Å². The topological polar surface area (TPSA) is 56.7 Å². The van der Waals surface area contributed by atoms with E-state index in [9.17, 15) is 0 Å². The average molecular weight is 269 g/mol. The van der Waals surface area contributed by atoms with Gasteiger partial charge in [-0.2, -0.15) is 0 Å². The van der Waals surface area contributed by atoms with Gasteiger partial charge in [0.05, 0.1) is 0 Å². The van der Waals surface area contributed by atoms with E-state index in [0.29, 0.717) is 12.0 Å². The lowest BCUT2D eigenvalue weighted by molar-refractivity contribution is 0.548. The summed E-state index contributed by atoms with van der Waals surface area (Å²) in [5.74, 6) is 0.532. The number of halogens is 1. The molecule has 15 heavy (non-hydrogen) atoms. The lowest BCUT2D eigenvalue weighted by Crippen LogP contribution is -2.08. The first kappa shape index (κ1) is 10.4. The Morgan fingerprint density at radius 2 is 2.33 bits per heavy atom. The second-order valence-corrected chi connectivity index (χ2v) is 4.51. The Balaban J connectivity index is 2.68. The van der Waals surface area contributed by atoms with Crippen molar-refractivity contribution in [2.45, 2.75) is 26.3 Å². The zero-order valence-corrected chi connectivity index (χ0v) is 10.3. The van der Waals surface area contributed by atoms with Gasteiger partial charge in [-0.25, -0.2) is 9.97 Å². The van der Waals surface area contributed by atoms with Gasteiger partial charge in [-0.3, -0.25) is 4.57 Å². The van der Waals surface area contributed by atoms with Crippen LogP contribution >= 0.6 is 15.9 Å². The van der Waals surface area contributed by atoms with Gasteiger partial charge in [-0.1, -0.05) is 6.92 Å². The van der Waals surface area contributed by atoms with E-state index in [4.69, 9.17) is 5.73 Å². The van der Waals surface area contributed by atoms with Crippen LogP contribution in [0.5, 0.6) is 0 Å². The molecule has 0 saturated carbocycles. The summed E-state index contributed by atoms with van der Waals surface area (Å²) in [4.78, 5) is 8.64. The number of anilines is 1. The van der Waals surface area contributed by atoms with Gasteiger partial charge < -0.3 is 5.73 Å². The van der Waals surface area contributed by atoms with Gasteiger partial charge in [0.25, 0.3) is 0 Å². The van der Waals surface area contributed by atoms with Gasteiger partial charge in [0.2, 0.25) is 5.95 Å². The summed E-state index contributed by atoms with van der Waals surface area (Å²) < 4.78 is 2.89. The molecule has 0 aromatic carbocycles. The largest absolute Gasteiger partial charge is 0.369 e. The summed E-state index contributed by atoms with van der Waals surface area (Å²) >= 11 is 3.37. The van der Waals surface area contributed by atoms with Crippen molar-refractivity contribution in [1.82, 2.24) is 14.5 Å². The lowest BCUT2D eigenvalue weighted by atomic mass is 10.2. The molecule has 2 aromatic rings. The van der Waals surface area contributed by atoms with Crippen LogP contribution in [0.3, 0.4) is 0 Å². The molecule has 1 atom stereocenters. The van der Waals surface area contributed by atoms with Crippen LogP contribution in [0, 0.1) is 0 Å². The minimum Gasteiger partial charge on any atom is -0.369 e. The lowest BCUT2D eigenvalue weighted by Gasteiger charge is -2.12. The van der Waals surface area contributed by atoms with Crippen molar-refractivity contribution in [3.63, 3.8) is 0 Å². The van der Waals surface area contributed by atoms with Crippen molar-refractivity contribution in [3.8, 4) is 0 Å². The highest BCUT2D eigenvalue weighted by Crippen LogP contribution is 2.24. The molecule has 0 saturated heterocycles. The SMILES string of the molecule is CCC(C)n1c(N)nc2cc(Br)cnc21. The van der Waals surface area contributed by atoms with E-state index >= 15 is 0 Å². The van der Waals surface area contributed by atoms with E-state index in [1.165, 1.54) is 0 Å². The summed E-state index contributed by atoms with van der Waals surface area (Å²) in [6.45, 7) is 4.23. The summed E-state index contributed by atoms with van der Waals surface area (Å²) in [5.41, 5.74) is 7.56. The van der Waals surface area contributed by atoms with Crippen LogP contribution in [0.1, 0.15) is 26.3 Å². The number of imidazole rings is 1. The highest BCUT2D eigenvalue weighted by Gasteiger charge is 2.13. The maximum atomic E-state index is 5.88. The van der Waals surface area contributed by atoms with Gasteiger partial charge in [-0.15, -0.1) is 0 Å². The van der Waals surface area contributed by atoms with E-state index in [0.717, 1.165) is 22.1 Å². The van der Waals surface area contributed by atoms with E-state index in [-0.39, 0.29) is 0 Å². The van der Waals surface area contributed by atoms with Crippen LogP contribution in [0.15, 0.2) is 16.7 Å². The number of nitrogens with two attached hydrogens (primary N) is 1. The molecule has 0 aliphatic rings. The fourth-order valence-corrected chi connectivity index (χ4v) is 1.91. The van der Waals surface area contributed by atoms with Crippen molar-refractivity contribution < 1.29 is 0 Å². The van der Waals surface area contributed by atoms with Crippen LogP contribution in [0.4, 0.5) is 5.95 Å². The smallest absolute Gasteiger partial charge is 0.202 e. The Bertz CT molecular complexity index is 491. The standard InChI is InChI=1S/C10H13BrN4/c1-3-6(2)15-9-8(14-10(15)12)4-7(11)5-13-9/h4-6H,3H2,1-2H3,(H2,12,14). The van der Waals surface area contributed by atoms with E-state index in [1.807, 2.05) is 10.6 Å². The van der Waals surface area contributed by atoms with Crippen molar-refractivity contribution in [1.29, 1.82) is 0 Å². The summed E-state index contributed by atoms with van der Waals surface area (Å²) in [6.07, 6.45) is 2.77. The highest BCUT2D eigenvalue weighted by atomic mass is 79.9. The van der Waals surface area contributed by atoms with E-state index in [2.05, 4.69) is 39.7 Å². The second kappa shape index (κ2) is 3.81. The summed E-state index contributed by atoms with van der Waals surface area (Å²) in [6, 6.07) is 2.25. The maximum Gasteiger partial charge on any atom is 0.202 e. The fraction of sp³-hybridized carbons (Fsp3) is 0.400. The third kappa shape index (κ3) is 1.71. The molecule has 2 heterocycles. The molecule has 0 bridgehead atoms. The highest BCUT2D eigenvalue weighted by molar-refractivity contribution is 9.10. The van der Waals surface area contributed by atoms with Crippen LogP contribution < -0.4 is 5.73 Å². The third-order valence-corrected chi connectivity index (χ3v) is 2.99. The maximum absolute atomic E-state index is 5.88. The van der Waals surface area contributed by atoms with Crippen LogP contribution in [0.2, 0.25) is 0 Å². The summed E-state index contributed by atoms with van der Waals surface area (Å²) in [7, 11) is 0. The number of nitrogen functional groups attached to an aromatic ring is 1. The number of hydrogen-bond donors (Lipinski definition) is 1. The molecule has 0 amide bonds. The number of fused-ring (bicyclic) bond motifs is 1. The van der Waals surface area contributed by atoms with Crippen molar-refractivity contribution in [2.24, 2.45) is 0 Å². The average Bonchev–Trinajstić information content (AvgIpc) is 2.52. The van der Waals surface area contributed by atoms with Crippen LogP contribution in [-0.4, -0.2) is 14.5 Å². The van der Waals surface area contributed by atoms with Crippen molar-refractivity contribution in [2.75, 3.05) is 5.73 Å². The van der Waals surface area contributed by atoms with E-state index < -0.39 is 0 Å². The number of aromatic nitrogens is 3. The van der Waals surface area contributed by atoms with Gasteiger partial charge in [0, 0.05) is 16.7 Å². The molecule has 2 N–H and O–H groups in total. The minimum atomic E-state index is 0.323. The monoisotopic (exact) mass is 268 g/mol. The number of rotatable bonds is 2. The Hall–Kier alpha value is -1.10. The van der Waals surface area contributed by atoms with Crippen LogP contribution in [-0.2, 0) is 0 Å². The van der Waals surface area contributed by atoms with Crippen LogP contribution in [0.25, 0.3) is 11.2 Å². The molecular formula is C10H13BrN4. The third-order valence-electron chi connectivity index (χ3n) is 2.56. The normalized spacial score (nSPS) is 13.3. The molecule has 2 aromatic heterocycles. The molecule has 0 aliphatic heterocycles. The van der Waals surface area contributed by atoms with Gasteiger partial charge >= 0.3 is 0 Å². The number of hydrogen-bond acceptors (Lipinski definition) is 3. The Labute approximate surface area is 96.6 Å². The molecule has 1 unspecified atom stereocenters. The van der Waals surface area contributed by atoms with E-state index in [1.54, 1.807) is 6.20 Å². The van der Waals surface area contributed by atoms with Crippen molar-refractivity contribution in [3.05, 3.63) is 16.7 Å². The molecule has 0 aliphatic carbocycles. The first-order chi connectivity index (χ1) is 7.13. The molecule has 5 heteroatoms. The quantitative estimate of drug-likeness (QED) is 0.911. The zero-order chi connectivity index (χ0) is 11.0. The first-order valence-electron chi connectivity index (χ1n) is 4.92. The fourth-order valence-electron chi connectivity index (χ4n) is 1.59. The second-order valence-electron chi connectivity index (χ2n) is 3.59. The number of pyridine rings is 1. The predicted octanol–water partition coefficient (Wildman–Crippen LogP) is 2.75. The minimum absolute atomic E-state index is 0.323. The molecule has 4 nitrogen and oxygen atoms in total. The molecule has 0 radical (unpaired) electrons. The Morgan fingerprint density at radius 1 is 1.60 bits per heavy atom. The molecule has 80 valence electrons. The molecular weight excluding hydrogens is 256 g/mol. The molecule has 0 spiro atoms. The summed E-state index contributed by atoms with van der Waals surface area (Å²) in [5, 5.41) is 0.